The molecule has 1 N–H and O–H groups in total. The van der Waals surface area contributed by atoms with Gasteiger partial charge in [-0.1, -0.05) is 0 Å². The zero-order chi connectivity index (χ0) is 19.0. The minimum absolute atomic E-state index is 0.227. The van der Waals surface area contributed by atoms with Crippen LogP contribution in [0.5, 0.6) is 0 Å². The van der Waals surface area contributed by atoms with Crippen LogP contribution in [0.25, 0.3) is 22.3 Å². The van der Waals surface area contributed by atoms with E-state index in [1.54, 1.807) is 31.6 Å². The molecule has 0 unspecified atom stereocenters. The highest BCUT2D eigenvalue weighted by Gasteiger charge is 2.12. The van der Waals surface area contributed by atoms with Crippen molar-refractivity contribution in [1.82, 2.24) is 19.7 Å². The average molecular weight is 361 g/mol. The molecule has 2 aromatic carbocycles. The Labute approximate surface area is 154 Å². The van der Waals surface area contributed by atoms with E-state index in [-0.39, 0.29) is 11.7 Å². The fourth-order valence-electron chi connectivity index (χ4n) is 2.87. The Kier molecular flexibility index (Phi) is 4.12. The number of hydrogen-bond donors (Lipinski definition) is 1. The lowest BCUT2D eigenvalue weighted by atomic mass is 10.1. The molecule has 0 spiro atoms. The number of nitrogens with one attached hydrogen (secondary N) is 1. The van der Waals surface area contributed by atoms with E-state index in [9.17, 15) is 9.18 Å². The highest BCUT2D eigenvalue weighted by atomic mass is 19.1. The van der Waals surface area contributed by atoms with E-state index in [1.807, 2.05) is 25.1 Å². The van der Waals surface area contributed by atoms with Gasteiger partial charge in [-0.05, 0) is 55.0 Å². The van der Waals surface area contributed by atoms with Crippen molar-refractivity contribution in [3.63, 3.8) is 0 Å². The molecule has 0 bridgehead atoms. The van der Waals surface area contributed by atoms with Crippen molar-refractivity contribution in [2.75, 3.05) is 5.32 Å². The molecule has 1 amide bonds. The van der Waals surface area contributed by atoms with Crippen LogP contribution in [0.4, 0.5) is 10.1 Å². The molecule has 2 aromatic heterocycles. The topological polar surface area (TPSA) is 72.7 Å². The molecule has 0 saturated carbocycles. The van der Waals surface area contributed by atoms with Crippen molar-refractivity contribution >= 4 is 22.5 Å². The lowest BCUT2D eigenvalue weighted by molar-refractivity contribution is 0.101. The van der Waals surface area contributed by atoms with Gasteiger partial charge in [0.15, 0.2) is 5.82 Å². The third-order valence-corrected chi connectivity index (χ3v) is 4.33. The van der Waals surface area contributed by atoms with Gasteiger partial charge in [0.2, 0.25) is 0 Å². The van der Waals surface area contributed by atoms with Gasteiger partial charge in [-0.2, -0.15) is 5.10 Å². The van der Waals surface area contributed by atoms with Gasteiger partial charge in [0, 0.05) is 36.1 Å². The Hall–Kier alpha value is -3.61. The van der Waals surface area contributed by atoms with Crippen LogP contribution in [0, 0.1) is 12.7 Å². The first-order valence-electron chi connectivity index (χ1n) is 8.34. The second-order valence-electron chi connectivity index (χ2n) is 6.22. The molecule has 0 aliphatic heterocycles. The van der Waals surface area contributed by atoms with Gasteiger partial charge in [-0.15, -0.1) is 0 Å². The number of nitrogens with zero attached hydrogens (tertiary/aromatic N) is 4. The maximum atomic E-state index is 13.3. The number of rotatable bonds is 3. The molecule has 0 atom stereocenters. The first-order chi connectivity index (χ1) is 13.0. The zero-order valence-corrected chi connectivity index (χ0v) is 14.8. The first-order valence-corrected chi connectivity index (χ1v) is 8.34. The summed E-state index contributed by atoms with van der Waals surface area (Å²) >= 11 is 0. The van der Waals surface area contributed by atoms with Crippen LogP contribution in [-0.4, -0.2) is 25.7 Å². The first kappa shape index (κ1) is 16.8. The van der Waals surface area contributed by atoms with Gasteiger partial charge < -0.3 is 5.32 Å². The molecule has 134 valence electrons. The molecule has 0 radical (unpaired) electrons. The lowest BCUT2D eigenvalue weighted by Gasteiger charge is -2.10. The molecule has 4 rings (SSSR count). The molecular formula is C20H16FN5O. The van der Waals surface area contributed by atoms with Crippen LogP contribution in [0.2, 0.25) is 0 Å². The van der Waals surface area contributed by atoms with Gasteiger partial charge >= 0.3 is 0 Å². The van der Waals surface area contributed by atoms with E-state index in [4.69, 9.17) is 0 Å². The zero-order valence-electron chi connectivity index (χ0n) is 14.8. The second kappa shape index (κ2) is 6.60. The molecule has 0 fully saturated rings. The largest absolute Gasteiger partial charge is 0.320 e. The van der Waals surface area contributed by atoms with Gasteiger partial charge in [-0.25, -0.2) is 14.4 Å². The van der Waals surface area contributed by atoms with Crippen molar-refractivity contribution in [3.8, 4) is 11.4 Å². The van der Waals surface area contributed by atoms with Crippen LogP contribution in [-0.2, 0) is 7.05 Å². The number of carbonyl (C=O) groups excluding carboxylic acids is 1. The number of amides is 1. The van der Waals surface area contributed by atoms with E-state index < -0.39 is 0 Å². The van der Waals surface area contributed by atoms with Gasteiger partial charge in [-0.3, -0.25) is 9.48 Å². The van der Waals surface area contributed by atoms with Crippen molar-refractivity contribution in [3.05, 3.63) is 71.9 Å². The molecule has 0 aliphatic carbocycles. The number of aromatic nitrogens is 4. The number of carbonyl (C=O) groups is 1. The van der Waals surface area contributed by atoms with Gasteiger partial charge in [0.25, 0.3) is 5.91 Å². The summed E-state index contributed by atoms with van der Waals surface area (Å²) in [6, 6.07) is 11.6. The quantitative estimate of drug-likeness (QED) is 0.603. The molecule has 7 heteroatoms. The SMILES string of the molecule is Cc1cc(-c2ncc3cc(F)ccc3n2)ccc1NC(=O)c1ccnn1C. The average Bonchev–Trinajstić information content (AvgIpc) is 3.09. The Morgan fingerprint density at radius 1 is 1.15 bits per heavy atom. The van der Waals surface area contributed by atoms with Gasteiger partial charge in [0.05, 0.1) is 5.52 Å². The molecule has 6 nitrogen and oxygen atoms in total. The summed E-state index contributed by atoms with van der Waals surface area (Å²) in [4.78, 5) is 21.2. The van der Waals surface area contributed by atoms with Crippen LogP contribution < -0.4 is 5.32 Å². The van der Waals surface area contributed by atoms with Crippen LogP contribution in [0.3, 0.4) is 0 Å². The van der Waals surface area contributed by atoms with Crippen molar-refractivity contribution in [1.29, 1.82) is 0 Å². The Morgan fingerprint density at radius 2 is 2.00 bits per heavy atom. The smallest absolute Gasteiger partial charge is 0.273 e. The Bertz CT molecular complexity index is 1170. The predicted octanol–water partition coefficient (Wildman–Crippen LogP) is 3.73. The lowest BCUT2D eigenvalue weighted by Crippen LogP contribution is -2.16. The van der Waals surface area contributed by atoms with Crippen LogP contribution in [0.1, 0.15) is 16.1 Å². The summed E-state index contributed by atoms with van der Waals surface area (Å²) < 4.78 is 14.8. The maximum Gasteiger partial charge on any atom is 0.273 e. The summed E-state index contributed by atoms with van der Waals surface area (Å²) in [5.74, 6) is -0.000220. The minimum atomic E-state index is -0.316. The van der Waals surface area contributed by atoms with Gasteiger partial charge in [0.1, 0.15) is 11.5 Å². The Balaban J connectivity index is 1.62. The van der Waals surface area contributed by atoms with E-state index in [0.29, 0.717) is 28.1 Å². The number of benzene rings is 2. The maximum absolute atomic E-state index is 13.3. The number of hydrogen-bond acceptors (Lipinski definition) is 4. The number of anilines is 1. The minimum Gasteiger partial charge on any atom is -0.320 e. The highest BCUT2D eigenvalue weighted by molar-refractivity contribution is 6.03. The monoisotopic (exact) mass is 361 g/mol. The summed E-state index contributed by atoms with van der Waals surface area (Å²) in [7, 11) is 1.72. The Morgan fingerprint density at radius 3 is 2.74 bits per heavy atom. The second-order valence-corrected chi connectivity index (χ2v) is 6.22. The number of halogens is 1. The summed E-state index contributed by atoms with van der Waals surface area (Å²) in [5, 5.41) is 7.54. The molecular weight excluding hydrogens is 345 g/mol. The van der Waals surface area contributed by atoms with E-state index in [2.05, 4.69) is 20.4 Å². The van der Waals surface area contributed by atoms with E-state index in [1.165, 1.54) is 16.8 Å². The van der Waals surface area contributed by atoms with Crippen molar-refractivity contribution in [2.24, 2.45) is 7.05 Å². The van der Waals surface area contributed by atoms with Crippen LogP contribution in [0.15, 0.2) is 54.9 Å². The standard InChI is InChI=1S/C20H16FN5O/c1-12-9-13(19-22-11-14-10-15(21)4-6-17(14)24-19)3-5-16(12)25-20(27)18-7-8-23-26(18)2/h3-11H,1-2H3,(H,25,27). The highest BCUT2D eigenvalue weighted by Crippen LogP contribution is 2.24. The van der Waals surface area contributed by atoms with Crippen molar-refractivity contribution < 1.29 is 9.18 Å². The number of fused-ring (bicyclic) bond motifs is 1. The normalized spacial score (nSPS) is 10.9. The summed E-state index contributed by atoms with van der Waals surface area (Å²) in [6.07, 6.45) is 3.18. The molecule has 27 heavy (non-hydrogen) atoms. The fraction of sp³-hybridized carbons (Fsp3) is 0.100. The van der Waals surface area contributed by atoms with Crippen LogP contribution >= 0.6 is 0 Å². The van der Waals surface area contributed by atoms with Crippen molar-refractivity contribution in [2.45, 2.75) is 6.92 Å². The molecule has 4 aromatic rings. The summed E-state index contributed by atoms with van der Waals surface area (Å²) in [6.45, 7) is 1.90. The van der Waals surface area contributed by atoms with E-state index in [0.717, 1.165) is 11.1 Å². The molecule has 0 saturated heterocycles. The van der Waals surface area contributed by atoms with E-state index >= 15 is 0 Å². The molecule has 2 heterocycles. The summed E-state index contributed by atoms with van der Waals surface area (Å²) in [5.41, 5.74) is 3.55. The fourth-order valence-corrected chi connectivity index (χ4v) is 2.87. The third-order valence-electron chi connectivity index (χ3n) is 4.33. The third kappa shape index (κ3) is 3.27. The number of aryl methyl sites for hydroxylation is 2. The molecule has 0 aliphatic rings. The predicted molar refractivity (Wildman–Crippen MR) is 101 cm³/mol.